The van der Waals surface area contributed by atoms with E-state index in [0.29, 0.717) is 12.8 Å². The van der Waals surface area contributed by atoms with Gasteiger partial charge in [-0.1, -0.05) is 13.8 Å². The zero-order chi connectivity index (χ0) is 13.7. The van der Waals surface area contributed by atoms with E-state index in [2.05, 4.69) is 5.32 Å². The van der Waals surface area contributed by atoms with E-state index in [0.717, 1.165) is 0 Å². The molecule has 0 aliphatic heterocycles. The first kappa shape index (κ1) is 15.9. The van der Waals surface area contributed by atoms with Crippen molar-refractivity contribution in [2.24, 2.45) is 5.41 Å². The smallest absolute Gasteiger partial charge is 0.307 e. The van der Waals surface area contributed by atoms with Crippen molar-refractivity contribution in [3.63, 3.8) is 0 Å². The number of carbonyl (C=O) groups excluding carboxylic acids is 2. The lowest BCUT2D eigenvalue weighted by atomic mass is 9.78. The van der Waals surface area contributed by atoms with Crippen LogP contribution in [0.15, 0.2) is 0 Å². The molecule has 100 valence electrons. The van der Waals surface area contributed by atoms with Crippen molar-refractivity contribution in [2.75, 3.05) is 7.05 Å². The molecule has 0 aliphatic carbocycles. The number of esters is 1. The van der Waals surface area contributed by atoms with Crippen LogP contribution in [0.2, 0.25) is 0 Å². The molecule has 0 spiro atoms. The molecule has 4 heteroatoms. The molecule has 0 atom stereocenters. The fourth-order valence-corrected chi connectivity index (χ4v) is 1.82. The summed E-state index contributed by atoms with van der Waals surface area (Å²) < 4.78 is 5.27. The van der Waals surface area contributed by atoms with E-state index in [4.69, 9.17) is 4.74 Å². The van der Waals surface area contributed by atoms with Gasteiger partial charge in [-0.05, 0) is 33.6 Å². The van der Waals surface area contributed by atoms with Crippen LogP contribution in [-0.2, 0) is 14.3 Å². The van der Waals surface area contributed by atoms with Gasteiger partial charge in [0.05, 0.1) is 11.8 Å². The zero-order valence-corrected chi connectivity index (χ0v) is 11.8. The molecular formula is C13H25NO3. The number of rotatable bonds is 5. The normalized spacial score (nSPS) is 12.1. The van der Waals surface area contributed by atoms with Crippen LogP contribution in [0.1, 0.15) is 53.9 Å². The molecule has 0 unspecified atom stereocenters. The van der Waals surface area contributed by atoms with E-state index in [9.17, 15) is 9.59 Å². The third kappa shape index (κ3) is 4.75. The summed E-state index contributed by atoms with van der Waals surface area (Å²) in [6, 6.07) is 0. The van der Waals surface area contributed by atoms with Crippen molar-refractivity contribution in [1.82, 2.24) is 5.32 Å². The summed E-state index contributed by atoms with van der Waals surface area (Å²) in [7, 11) is 1.59. The van der Waals surface area contributed by atoms with E-state index in [1.165, 1.54) is 0 Å². The molecule has 0 fully saturated rings. The second-order valence-electron chi connectivity index (χ2n) is 5.33. The SMILES string of the molecule is CCC(CC)(CC(=O)OC(C)(C)C)C(=O)NC. The van der Waals surface area contributed by atoms with Gasteiger partial charge in [-0.15, -0.1) is 0 Å². The lowest BCUT2D eigenvalue weighted by Gasteiger charge is -2.30. The van der Waals surface area contributed by atoms with Crippen molar-refractivity contribution < 1.29 is 14.3 Å². The number of ether oxygens (including phenoxy) is 1. The molecule has 1 amide bonds. The van der Waals surface area contributed by atoms with Crippen LogP contribution in [0, 0.1) is 5.41 Å². The van der Waals surface area contributed by atoms with Crippen LogP contribution in [0.25, 0.3) is 0 Å². The average molecular weight is 243 g/mol. The molecule has 0 saturated carbocycles. The molecule has 0 radical (unpaired) electrons. The lowest BCUT2D eigenvalue weighted by Crippen LogP contribution is -2.41. The van der Waals surface area contributed by atoms with Crippen LogP contribution in [0.3, 0.4) is 0 Å². The highest BCUT2D eigenvalue weighted by Crippen LogP contribution is 2.32. The minimum absolute atomic E-state index is 0.0895. The summed E-state index contributed by atoms with van der Waals surface area (Å²) in [6.45, 7) is 9.31. The van der Waals surface area contributed by atoms with Crippen molar-refractivity contribution in [3.05, 3.63) is 0 Å². The van der Waals surface area contributed by atoms with Crippen LogP contribution in [0.5, 0.6) is 0 Å². The minimum atomic E-state index is -0.642. The predicted octanol–water partition coefficient (Wildman–Crippen LogP) is 2.27. The average Bonchev–Trinajstić information content (AvgIpc) is 2.22. The quantitative estimate of drug-likeness (QED) is 0.754. The highest BCUT2D eigenvalue weighted by atomic mass is 16.6. The Hall–Kier alpha value is -1.06. The maximum atomic E-state index is 11.9. The predicted molar refractivity (Wildman–Crippen MR) is 67.5 cm³/mol. The van der Waals surface area contributed by atoms with E-state index in [-0.39, 0.29) is 18.3 Å². The number of hydrogen-bond acceptors (Lipinski definition) is 3. The number of carbonyl (C=O) groups is 2. The van der Waals surface area contributed by atoms with Gasteiger partial charge in [0.15, 0.2) is 0 Å². The van der Waals surface area contributed by atoms with E-state index in [1.807, 2.05) is 34.6 Å². The second kappa shape index (κ2) is 6.03. The standard InChI is InChI=1S/C13H25NO3/c1-7-13(8-2,11(16)14-6)9-10(15)17-12(3,4)5/h7-9H2,1-6H3,(H,14,16). The summed E-state index contributed by atoms with van der Waals surface area (Å²) in [5.41, 5.74) is -1.15. The van der Waals surface area contributed by atoms with Gasteiger partial charge in [-0.3, -0.25) is 9.59 Å². The second-order valence-corrected chi connectivity index (χ2v) is 5.33. The highest BCUT2D eigenvalue weighted by Gasteiger charge is 2.37. The Morgan fingerprint density at radius 1 is 1.12 bits per heavy atom. The fourth-order valence-electron chi connectivity index (χ4n) is 1.82. The van der Waals surface area contributed by atoms with Crippen molar-refractivity contribution >= 4 is 11.9 Å². The van der Waals surface area contributed by atoms with Gasteiger partial charge < -0.3 is 10.1 Å². The lowest BCUT2D eigenvalue weighted by molar-refractivity contribution is -0.160. The first-order chi connectivity index (χ1) is 7.70. The molecule has 0 aromatic carbocycles. The van der Waals surface area contributed by atoms with Crippen LogP contribution < -0.4 is 5.32 Å². The molecule has 0 bridgehead atoms. The molecule has 0 heterocycles. The summed E-state index contributed by atoms with van der Waals surface area (Å²) in [6.07, 6.45) is 1.39. The topological polar surface area (TPSA) is 55.4 Å². The van der Waals surface area contributed by atoms with Gasteiger partial charge in [-0.2, -0.15) is 0 Å². The largest absolute Gasteiger partial charge is 0.460 e. The number of nitrogens with one attached hydrogen (secondary N) is 1. The first-order valence-electron chi connectivity index (χ1n) is 6.14. The van der Waals surface area contributed by atoms with Gasteiger partial charge >= 0.3 is 5.97 Å². The summed E-state index contributed by atoms with van der Waals surface area (Å²) >= 11 is 0. The molecule has 17 heavy (non-hydrogen) atoms. The summed E-state index contributed by atoms with van der Waals surface area (Å²) in [5, 5.41) is 2.63. The summed E-state index contributed by atoms with van der Waals surface area (Å²) in [5.74, 6) is -0.404. The van der Waals surface area contributed by atoms with E-state index in [1.54, 1.807) is 7.05 Å². The van der Waals surface area contributed by atoms with Crippen molar-refractivity contribution in [2.45, 2.75) is 59.5 Å². The zero-order valence-electron chi connectivity index (χ0n) is 11.8. The van der Waals surface area contributed by atoms with Crippen LogP contribution in [0.4, 0.5) is 0 Å². The molecule has 0 aromatic heterocycles. The Morgan fingerprint density at radius 3 is 1.88 bits per heavy atom. The van der Waals surface area contributed by atoms with Gasteiger partial charge in [-0.25, -0.2) is 0 Å². The first-order valence-corrected chi connectivity index (χ1v) is 6.14. The Bertz CT molecular complexity index is 275. The minimum Gasteiger partial charge on any atom is -0.460 e. The molecule has 1 N–H and O–H groups in total. The monoisotopic (exact) mass is 243 g/mol. The summed E-state index contributed by atoms with van der Waals surface area (Å²) in [4.78, 5) is 23.7. The van der Waals surface area contributed by atoms with E-state index >= 15 is 0 Å². The Labute approximate surface area is 104 Å². The van der Waals surface area contributed by atoms with Crippen LogP contribution in [-0.4, -0.2) is 24.5 Å². The molecular weight excluding hydrogens is 218 g/mol. The third-order valence-electron chi connectivity index (χ3n) is 2.97. The fraction of sp³-hybridized carbons (Fsp3) is 0.846. The molecule has 0 aromatic rings. The Morgan fingerprint density at radius 2 is 1.59 bits per heavy atom. The van der Waals surface area contributed by atoms with E-state index < -0.39 is 11.0 Å². The Balaban J connectivity index is 4.77. The van der Waals surface area contributed by atoms with Gasteiger partial charge in [0.2, 0.25) is 5.91 Å². The molecule has 4 nitrogen and oxygen atoms in total. The third-order valence-corrected chi connectivity index (χ3v) is 2.97. The molecule has 0 saturated heterocycles. The maximum Gasteiger partial charge on any atom is 0.307 e. The molecule has 0 aliphatic rings. The maximum absolute atomic E-state index is 11.9. The van der Waals surface area contributed by atoms with Crippen molar-refractivity contribution in [1.29, 1.82) is 0 Å². The number of hydrogen-bond donors (Lipinski definition) is 1. The highest BCUT2D eigenvalue weighted by molar-refractivity contribution is 5.87. The van der Waals surface area contributed by atoms with Gasteiger partial charge in [0, 0.05) is 7.05 Å². The molecule has 0 rings (SSSR count). The van der Waals surface area contributed by atoms with Crippen molar-refractivity contribution in [3.8, 4) is 0 Å². The number of amides is 1. The van der Waals surface area contributed by atoms with Crippen LogP contribution >= 0.6 is 0 Å². The Kier molecular flexibility index (Phi) is 5.66. The van der Waals surface area contributed by atoms with Gasteiger partial charge in [0.25, 0.3) is 0 Å². The van der Waals surface area contributed by atoms with Gasteiger partial charge in [0.1, 0.15) is 5.60 Å².